The van der Waals surface area contributed by atoms with Crippen LogP contribution in [0.3, 0.4) is 0 Å². The number of esters is 1. The molecule has 148 valence electrons. The molecule has 2 N–H and O–H groups in total. The van der Waals surface area contributed by atoms with Gasteiger partial charge in [0.2, 0.25) is 0 Å². The van der Waals surface area contributed by atoms with Gasteiger partial charge < -0.3 is 24.8 Å². The van der Waals surface area contributed by atoms with E-state index >= 15 is 0 Å². The SMILES string of the molecule is CN=C(NCCc1ccc(OC)c(OC)c1)NCC(=O)OC(C)(C)C.I. The number of hydrogen-bond donors (Lipinski definition) is 2. The van der Waals surface area contributed by atoms with E-state index in [9.17, 15) is 4.79 Å². The maximum absolute atomic E-state index is 11.7. The summed E-state index contributed by atoms with van der Waals surface area (Å²) in [6.07, 6.45) is 0.771. The summed E-state index contributed by atoms with van der Waals surface area (Å²) in [4.78, 5) is 15.8. The molecule has 1 aromatic carbocycles. The van der Waals surface area contributed by atoms with Crippen LogP contribution in [0.1, 0.15) is 26.3 Å². The number of aliphatic imine (C=N–C) groups is 1. The van der Waals surface area contributed by atoms with E-state index in [4.69, 9.17) is 14.2 Å². The zero-order chi connectivity index (χ0) is 18.9. The van der Waals surface area contributed by atoms with Gasteiger partial charge in [-0.1, -0.05) is 6.07 Å². The third kappa shape index (κ3) is 9.12. The second-order valence-corrected chi connectivity index (χ2v) is 6.38. The van der Waals surface area contributed by atoms with Gasteiger partial charge >= 0.3 is 5.97 Å². The Kier molecular flexibility index (Phi) is 11.0. The quantitative estimate of drug-likeness (QED) is 0.271. The normalized spacial score (nSPS) is 11.2. The Balaban J connectivity index is 0.00000625. The summed E-state index contributed by atoms with van der Waals surface area (Å²) in [5, 5.41) is 6.10. The zero-order valence-corrected chi connectivity index (χ0v) is 18.7. The van der Waals surface area contributed by atoms with Crippen LogP contribution in [-0.2, 0) is 16.0 Å². The summed E-state index contributed by atoms with van der Waals surface area (Å²) >= 11 is 0. The highest BCUT2D eigenvalue weighted by molar-refractivity contribution is 14.0. The van der Waals surface area contributed by atoms with Gasteiger partial charge in [0.05, 0.1) is 14.2 Å². The van der Waals surface area contributed by atoms with Crippen molar-refractivity contribution in [2.75, 3.05) is 34.4 Å². The van der Waals surface area contributed by atoms with Crippen LogP contribution in [0, 0.1) is 0 Å². The smallest absolute Gasteiger partial charge is 0.325 e. The number of nitrogens with zero attached hydrogens (tertiary/aromatic N) is 1. The molecule has 0 aliphatic carbocycles. The lowest BCUT2D eigenvalue weighted by atomic mass is 10.1. The zero-order valence-electron chi connectivity index (χ0n) is 16.3. The number of carbonyl (C=O) groups excluding carboxylic acids is 1. The predicted octanol–water partition coefficient (Wildman–Crippen LogP) is 2.37. The van der Waals surface area contributed by atoms with Crippen LogP contribution in [0.15, 0.2) is 23.2 Å². The number of guanidine groups is 1. The van der Waals surface area contributed by atoms with Gasteiger partial charge in [-0.25, -0.2) is 0 Å². The van der Waals surface area contributed by atoms with Crippen molar-refractivity contribution in [2.45, 2.75) is 32.8 Å². The van der Waals surface area contributed by atoms with Crippen molar-refractivity contribution in [3.05, 3.63) is 23.8 Å². The molecule has 0 saturated heterocycles. The van der Waals surface area contributed by atoms with Crippen LogP contribution in [0.5, 0.6) is 11.5 Å². The number of methoxy groups -OCH3 is 2. The molecular weight excluding hydrogens is 449 g/mol. The van der Waals surface area contributed by atoms with Gasteiger partial charge in [-0.3, -0.25) is 9.79 Å². The lowest BCUT2D eigenvalue weighted by Gasteiger charge is -2.20. The second-order valence-electron chi connectivity index (χ2n) is 6.38. The van der Waals surface area contributed by atoms with Gasteiger partial charge in [0, 0.05) is 13.6 Å². The van der Waals surface area contributed by atoms with Crippen molar-refractivity contribution in [2.24, 2.45) is 4.99 Å². The Morgan fingerprint density at radius 2 is 1.77 bits per heavy atom. The van der Waals surface area contributed by atoms with Gasteiger partial charge in [0.25, 0.3) is 0 Å². The topological polar surface area (TPSA) is 81.2 Å². The first-order chi connectivity index (χ1) is 11.8. The molecule has 8 heteroatoms. The van der Waals surface area contributed by atoms with E-state index in [-0.39, 0.29) is 36.5 Å². The first kappa shape index (κ1) is 24.3. The molecule has 0 fully saturated rings. The first-order valence-corrected chi connectivity index (χ1v) is 8.16. The number of ether oxygens (including phenoxy) is 3. The third-order valence-electron chi connectivity index (χ3n) is 3.20. The van der Waals surface area contributed by atoms with Crippen LogP contribution in [0.25, 0.3) is 0 Å². The summed E-state index contributed by atoms with van der Waals surface area (Å²) in [6, 6.07) is 5.81. The average Bonchev–Trinajstić information content (AvgIpc) is 2.56. The lowest BCUT2D eigenvalue weighted by molar-refractivity contribution is -0.153. The maximum Gasteiger partial charge on any atom is 0.325 e. The van der Waals surface area contributed by atoms with E-state index < -0.39 is 5.60 Å². The Labute approximate surface area is 172 Å². The number of carbonyl (C=O) groups is 1. The largest absolute Gasteiger partial charge is 0.493 e. The molecule has 0 spiro atoms. The molecular formula is C18H30IN3O4. The molecule has 0 aliphatic rings. The van der Waals surface area contributed by atoms with E-state index in [1.165, 1.54) is 0 Å². The molecule has 26 heavy (non-hydrogen) atoms. The second kappa shape index (κ2) is 11.8. The summed E-state index contributed by atoms with van der Waals surface area (Å²) in [7, 11) is 4.88. The molecule has 0 aromatic heterocycles. The van der Waals surface area contributed by atoms with Crippen molar-refractivity contribution < 1.29 is 19.0 Å². The van der Waals surface area contributed by atoms with E-state index in [0.29, 0.717) is 24.0 Å². The minimum absolute atomic E-state index is 0. The van der Waals surface area contributed by atoms with Crippen molar-refractivity contribution in [1.82, 2.24) is 10.6 Å². The molecule has 0 amide bonds. The van der Waals surface area contributed by atoms with Gasteiger partial charge in [-0.2, -0.15) is 0 Å². The Bertz CT molecular complexity index is 601. The average molecular weight is 479 g/mol. The molecule has 7 nitrogen and oxygen atoms in total. The minimum atomic E-state index is -0.497. The maximum atomic E-state index is 11.7. The van der Waals surface area contributed by atoms with Gasteiger partial charge in [-0.15, -0.1) is 24.0 Å². The summed E-state index contributed by atoms with van der Waals surface area (Å²) in [5.41, 5.74) is 0.608. The molecule has 0 heterocycles. The highest BCUT2D eigenvalue weighted by Gasteiger charge is 2.16. The molecule has 0 radical (unpaired) electrons. The van der Waals surface area contributed by atoms with Crippen LogP contribution < -0.4 is 20.1 Å². The number of halogens is 1. The number of hydrogen-bond acceptors (Lipinski definition) is 5. The van der Waals surface area contributed by atoms with Crippen molar-refractivity contribution in [1.29, 1.82) is 0 Å². The number of rotatable bonds is 7. The fraction of sp³-hybridized carbons (Fsp3) is 0.556. The molecule has 0 aliphatic heterocycles. The highest BCUT2D eigenvalue weighted by Crippen LogP contribution is 2.27. The fourth-order valence-electron chi connectivity index (χ4n) is 2.12. The van der Waals surface area contributed by atoms with Gasteiger partial charge in [0.15, 0.2) is 17.5 Å². The van der Waals surface area contributed by atoms with E-state index in [1.807, 2.05) is 39.0 Å². The fourth-order valence-corrected chi connectivity index (χ4v) is 2.12. The van der Waals surface area contributed by atoms with Crippen molar-refractivity contribution in [3.63, 3.8) is 0 Å². The first-order valence-electron chi connectivity index (χ1n) is 8.16. The Hall–Kier alpha value is -1.71. The van der Waals surface area contributed by atoms with Crippen LogP contribution in [0.4, 0.5) is 0 Å². The summed E-state index contributed by atoms with van der Waals surface area (Å²) in [5.74, 6) is 1.63. The van der Waals surface area contributed by atoms with Crippen molar-refractivity contribution in [3.8, 4) is 11.5 Å². The van der Waals surface area contributed by atoms with E-state index in [2.05, 4.69) is 15.6 Å². The van der Waals surface area contributed by atoms with Crippen LogP contribution >= 0.6 is 24.0 Å². The predicted molar refractivity (Wildman–Crippen MR) is 114 cm³/mol. The summed E-state index contributed by atoms with van der Waals surface area (Å²) in [6.45, 7) is 6.22. The minimum Gasteiger partial charge on any atom is -0.493 e. The van der Waals surface area contributed by atoms with Gasteiger partial charge in [0.1, 0.15) is 12.1 Å². The van der Waals surface area contributed by atoms with Crippen LogP contribution in [0.2, 0.25) is 0 Å². The van der Waals surface area contributed by atoms with Crippen LogP contribution in [-0.4, -0.2) is 51.9 Å². The van der Waals surface area contributed by atoms with E-state index in [0.717, 1.165) is 12.0 Å². The number of nitrogens with one attached hydrogen (secondary N) is 2. The number of benzene rings is 1. The van der Waals surface area contributed by atoms with E-state index in [1.54, 1.807) is 21.3 Å². The molecule has 1 aromatic rings. The molecule has 0 unspecified atom stereocenters. The molecule has 0 saturated carbocycles. The standard InChI is InChI=1S/C18H29N3O4.HI/c1-18(2,3)25-16(22)12-21-17(19-4)20-10-9-13-7-8-14(23-5)15(11-13)24-6;/h7-8,11H,9-10,12H2,1-6H3,(H2,19,20,21);1H. The lowest BCUT2D eigenvalue weighted by Crippen LogP contribution is -2.42. The van der Waals surface area contributed by atoms with Gasteiger partial charge in [-0.05, 0) is 44.9 Å². The Morgan fingerprint density at radius 1 is 1.12 bits per heavy atom. The third-order valence-corrected chi connectivity index (χ3v) is 3.20. The molecule has 0 atom stereocenters. The molecule has 1 rings (SSSR count). The van der Waals surface area contributed by atoms with Crippen molar-refractivity contribution >= 4 is 35.9 Å². The Morgan fingerprint density at radius 3 is 2.31 bits per heavy atom. The monoisotopic (exact) mass is 479 g/mol. The highest BCUT2D eigenvalue weighted by atomic mass is 127. The molecule has 0 bridgehead atoms. The summed E-state index contributed by atoms with van der Waals surface area (Å²) < 4.78 is 15.8.